The second-order valence-corrected chi connectivity index (χ2v) is 7.76. The van der Waals surface area contributed by atoms with E-state index in [9.17, 15) is 14.3 Å². The van der Waals surface area contributed by atoms with Crippen molar-refractivity contribution in [3.8, 4) is 17.2 Å². The van der Waals surface area contributed by atoms with Crippen LogP contribution in [-0.2, 0) is 11.3 Å². The van der Waals surface area contributed by atoms with Crippen molar-refractivity contribution in [1.82, 2.24) is 14.5 Å². The molecule has 182 valence electrons. The first-order valence-corrected chi connectivity index (χ1v) is 11.0. The van der Waals surface area contributed by atoms with Gasteiger partial charge < -0.3 is 29.2 Å². The Morgan fingerprint density at radius 1 is 1.11 bits per heavy atom. The van der Waals surface area contributed by atoms with Gasteiger partial charge in [0.2, 0.25) is 0 Å². The molecule has 0 amide bonds. The molecule has 2 aromatic carbocycles. The minimum atomic E-state index is -0.513. The van der Waals surface area contributed by atoms with E-state index in [4.69, 9.17) is 25.8 Å². The van der Waals surface area contributed by atoms with E-state index >= 15 is 0 Å². The Labute approximate surface area is 204 Å². The zero-order valence-electron chi connectivity index (χ0n) is 18.7. The Kier molecular flexibility index (Phi) is 7.64. The first-order chi connectivity index (χ1) is 17.0. The molecule has 2 aromatic heterocycles. The topological polar surface area (TPSA) is 108 Å². The molecule has 0 fully saturated rings. The Morgan fingerprint density at radius 3 is 2.77 bits per heavy atom. The highest BCUT2D eigenvalue weighted by molar-refractivity contribution is 6.31. The van der Waals surface area contributed by atoms with Crippen molar-refractivity contribution in [3.63, 3.8) is 0 Å². The number of hydrogen-bond donors (Lipinski definition) is 2. The van der Waals surface area contributed by atoms with Crippen LogP contribution in [0, 0.1) is 5.82 Å². The van der Waals surface area contributed by atoms with Gasteiger partial charge in [-0.25, -0.2) is 14.4 Å². The fourth-order valence-electron chi connectivity index (χ4n) is 3.32. The molecule has 0 aliphatic rings. The SMILES string of the molecule is COc1cc2ncnc(Nc3ccc(F)c(Cl)c3)c2cc1OCCOCCn1cccc(O)c1=O. The Balaban J connectivity index is 1.42. The number of halogens is 2. The van der Waals surface area contributed by atoms with Crippen molar-refractivity contribution in [3.05, 3.63) is 76.2 Å². The summed E-state index contributed by atoms with van der Waals surface area (Å²) < 4.78 is 31.7. The number of ether oxygens (including phenoxy) is 3. The van der Waals surface area contributed by atoms with Crippen molar-refractivity contribution in [2.45, 2.75) is 6.54 Å². The van der Waals surface area contributed by atoms with Gasteiger partial charge in [0.15, 0.2) is 17.2 Å². The van der Waals surface area contributed by atoms with E-state index in [1.165, 1.54) is 36.2 Å². The maximum absolute atomic E-state index is 13.5. The van der Waals surface area contributed by atoms with Crippen molar-refractivity contribution < 1.29 is 23.7 Å². The highest BCUT2D eigenvalue weighted by Crippen LogP contribution is 2.35. The zero-order chi connectivity index (χ0) is 24.8. The standard InChI is InChI=1S/C24H22ClFN4O5/c1-33-21-13-19-16(23(28-14-27-19)29-15-4-5-18(26)17(25)11-15)12-22(21)35-10-9-34-8-7-30-6-2-3-20(31)24(30)32/h2-6,11-14,31H,7-10H2,1H3,(H,27,28,29). The molecule has 35 heavy (non-hydrogen) atoms. The number of aromatic nitrogens is 3. The molecule has 0 saturated heterocycles. The number of nitrogens with one attached hydrogen (secondary N) is 1. The first kappa shape index (κ1) is 24.2. The van der Waals surface area contributed by atoms with Crippen LogP contribution in [0.5, 0.6) is 17.2 Å². The average Bonchev–Trinajstić information content (AvgIpc) is 2.85. The first-order valence-electron chi connectivity index (χ1n) is 10.6. The lowest BCUT2D eigenvalue weighted by atomic mass is 10.2. The largest absolute Gasteiger partial charge is 0.503 e. The van der Waals surface area contributed by atoms with Gasteiger partial charge in [0, 0.05) is 29.9 Å². The van der Waals surface area contributed by atoms with E-state index < -0.39 is 11.4 Å². The van der Waals surface area contributed by atoms with Gasteiger partial charge in [0.1, 0.15) is 24.6 Å². The van der Waals surface area contributed by atoms with E-state index in [0.29, 0.717) is 40.5 Å². The molecule has 0 bridgehead atoms. The van der Waals surface area contributed by atoms with Gasteiger partial charge in [-0.1, -0.05) is 11.6 Å². The number of aromatic hydroxyl groups is 1. The second-order valence-electron chi connectivity index (χ2n) is 7.35. The van der Waals surface area contributed by atoms with Gasteiger partial charge in [0.25, 0.3) is 5.56 Å². The molecule has 0 aliphatic carbocycles. The van der Waals surface area contributed by atoms with Crippen LogP contribution in [0.15, 0.2) is 59.8 Å². The highest BCUT2D eigenvalue weighted by atomic mass is 35.5. The summed E-state index contributed by atoms with van der Waals surface area (Å²) in [4.78, 5) is 20.4. The lowest BCUT2D eigenvalue weighted by Crippen LogP contribution is -2.21. The lowest BCUT2D eigenvalue weighted by Gasteiger charge is -2.14. The average molecular weight is 501 g/mol. The number of fused-ring (bicyclic) bond motifs is 1. The van der Waals surface area contributed by atoms with E-state index in [1.54, 1.807) is 30.5 Å². The number of pyridine rings is 1. The van der Waals surface area contributed by atoms with Gasteiger partial charge in [-0.05, 0) is 36.4 Å². The summed E-state index contributed by atoms with van der Waals surface area (Å²) in [5.74, 6) is 0.611. The van der Waals surface area contributed by atoms with E-state index in [1.807, 2.05) is 0 Å². The minimum Gasteiger partial charge on any atom is -0.503 e. The van der Waals surface area contributed by atoms with Crippen LogP contribution < -0.4 is 20.3 Å². The molecule has 2 N–H and O–H groups in total. The molecule has 0 radical (unpaired) electrons. The monoisotopic (exact) mass is 500 g/mol. The van der Waals surface area contributed by atoms with Crippen LogP contribution in [0.3, 0.4) is 0 Å². The molecular formula is C24H22ClFN4O5. The van der Waals surface area contributed by atoms with E-state index in [2.05, 4.69) is 15.3 Å². The Hall–Kier alpha value is -3.89. The van der Waals surface area contributed by atoms with E-state index in [-0.39, 0.29) is 30.6 Å². The number of methoxy groups -OCH3 is 1. The lowest BCUT2D eigenvalue weighted by molar-refractivity contribution is 0.0928. The highest BCUT2D eigenvalue weighted by Gasteiger charge is 2.13. The molecule has 0 spiro atoms. The molecule has 0 unspecified atom stereocenters. The number of benzene rings is 2. The fourth-order valence-corrected chi connectivity index (χ4v) is 3.50. The van der Waals surface area contributed by atoms with Crippen LogP contribution in [0.4, 0.5) is 15.9 Å². The number of nitrogens with zero attached hydrogens (tertiary/aromatic N) is 3. The smallest absolute Gasteiger partial charge is 0.292 e. The van der Waals surface area contributed by atoms with Gasteiger partial charge in [-0.2, -0.15) is 0 Å². The quantitative estimate of drug-likeness (QED) is 0.313. The molecular weight excluding hydrogens is 479 g/mol. The minimum absolute atomic E-state index is 0.00649. The van der Waals surface area contributed by atoms with Crippen LogP contribution in [-0.4, -0.2) is 46.6 Å². The van der Waals surface area contributed by atoms with E-state index in [0.717, 1.165) is 0 Å². The second kappa shape index (κ2) is 11.0. The van der Waals surface area contributed by atoms with Crippen molar-refractivity contribution in [1.29, 1.82) is 0 Å². The predicted octanol–water partition coefficient (Wildman–Crippen LogP) is 4.14. The van der Waals surface area contributed by atoms with Gasteiger partial charge >= 0.3 is 0 Å². The Morgan fingerprint density at radius 2 is 1.97 bits per heavy atom. The maximum Gasteiger partial charge on any atom is 0.292 e. The maximum atomic E-state index is 13.5. The predicted molar refractivity (Wildman–Crippen MR) is 129 cm³/mol. The molecule has 9 nitrogen and oxygen atoms in total. The molecule has 4 aromatic rings. The van der Waals surface area contributed by atoms with Crippen LogP contribution in [0.25, 0.3) is 10.9 Å². The number of anilines is 2. The number of rotatable bonds is 10. The summed E-state index contributed by atoms with van der Waals surface area (Å²) in [6, 6.07) is 10.7. The van der Waals surface area contributed by atoms with Gasteiger partial charge in [-0.15, -0.1) is 0 Å². The van der Waals surface area contributed by atoms with Crippen LogP contribution in [0.1, 0.15) is 0 Å². The molecule has 0 atom stereocenters. The summed E-state index contributed by atoms with van der Waals surface area (Å²) >= 11 is 5.88. The molecule has 2 heterocycles. The van der Waals surface area contributed by atoms with Gasteiger partial charge in [0.05, 0.1) is 30.9 Å². The zero-order valence-corrected chi connectivity index (χ0v) is 19.5. The third-order valence-corrected chi connectivity index (χ3v) is 5.35. The van der Waals surface area contributed by atoms with Crippen molar-refractivity contribution >= 4 is 34.0 Å². The normalized spacial score (nSPS) is 10.9. The third kappa shape index (κ3) is 5.79. The van der Waals surface area contributed by atoms with Crippen LogP contribution in [0.2, 0.25) is 5.02 Å². The van der Waals surface area contributed by atoms with Gasteiger partial charge in [-0.3, -0.25) is 4.79 Å². The van der Waals surface area contributed by atoms with Crippen molar-refractivity contribution in [2.24, 2.45) is 0 Å². The summed E-state index contributed by atoms with van der Waals surface area (Å²) in [7, 11) is 1.53. The summed E-state index contributed by atoms with van der Waals surface area (Å²) in [5.41, 5.74) is 0.712. The summed E-state index contributed by atoms with van der Waals surface area (Å²) in [5, 5.41) is 13.2. The molecule has 11 heteroatoms. The number of hydrogen-bond acceptors (Lipinski definition) is 8. The van der Waals surface area contributed by atoms with Crippen LogP contribution >= 0.6 is 11.6 Å². The Bertz CT molecular complexity index is 1400. The fraction of sp³-hybridized carbons (Fsp3) is 0.208. The third-order valence-electron chi connectivity index (χ3n) is 5.06. The summed E-state index contributed by atoms with van der Waals surface area (Å²) in [6.45, 7) is 1.05. The molecule has 4 rings (SSSR count). The summed E-state index contributed by atoms with van der Waals surface area (Å²) in [6.07, 6.45) is 2.98. The molecule has 0 aliphatic heterocycles. The van der Waals surface area contributed by atoms with Crippen molar-refractivity contribution in [2.75, 3.05) is 32.2 Å². The molecule has 0 saturated carbocycles.